The monoisotopic (exact) mass is 869 g/mol. The van der Waals surface area contributed by atoms with Crippen molar-refractivity contribution in [3.8, 4) is 28.2 Å². The van der Waals surface area contributed by atoms with E-state index in [1.807, 2.05) is 6.07 Å². The van der Waals surface area contributed by atoms with Crippen molar-refractivity contribution in [2.45, 2.75) is 0 Å². The van der Waals surface area contributed by atoms with Crippen LogP contribution in [0.2, 0.25) is 0 Å². The standard InChI is InChI=1S/C61H35N5O2/c1-5-17-46-39(13-1)40-14-2-6-18-47(40)63(46)38-29-30-49-42(35-38)41-15-3-7-19-48(41)64(49)53-23-11-25-57-59(53)43-33-36(27-31-55(43)67-57)37-28-32-56-44(34-37)60-54(24-12-26-58(60)68-56)66-52-22-10-9-21-51(52)65-50-20-8-4-16-45(50)62-61(65)66/h1-35H. The summed E-state index contributed by atoms with van der Waals surface area (Å²) in [6.45, 7) is 0. The second kappa shape index (κ2) is 13.2. The maximum Gasteiger partial charge on any atom is 0.220 e. The van der Waals surface area contributed by atoms with E-state index in [-0.39, 0.29) is 0 Å². The van der Waals surface area contributed by atoms with Crippen LogP contribution in [0.25, 0.3) is 144 Å². The summed E-state index contributed by atoms with van der Waals surface area (Å²) in [5.41, 5.74) is 17.7. The maximum atomic E-state index is 6.68. The zero-order valence-corrected chi connectivity index (χ0v) is 36.3. The van der Waals surface area contributed by atoms with Gasteiger partial charge in [-0.15, -0.1) is 0 Å². The molecule has 0 bridgehead atoms. The normalized spacial score (nSPS) is 12.4. The molecule has 0 aliphatic rings. The molecule has 0 radical (unpaired) electrons. The van der Waals surface area contributed by atoms with Gasteiger partial charge in [0.15, 0.2) is 0 Å². The Bertz CT molecular complexity index is 4760. The lowest BCUT2D eigenvalue weighted by Gasteiger charge is -2.11. The minimum absolute atomic E-state index is 0.830. The topological polar surface area (TPSA) is 58.4 Å². The fraction of sp³-hybridized carbons (Fsp3) is 0. The molecule has 0 saturated heterocycles. The van der Waals surface area contributed by atoms with Crippen LogP contribution in [-0.4, -0.2) is 23.1 Å². The fourth-order valence-electron chi connectivity index (χ4n) is 11.5. The van der Waals surface area contributed by atoms with Crippen LogP contribution in [0.5, 0.6) is 0 Å². The van der Waals surface area contributed by atoms with Gasteiger partial charge in [-0.1, -0.05) is 103 Å². The van der Waals surface area contributed by atoms with Crippen LogP contribution in [0, 0.1) is 0 Å². The highest BCUT2D eigenvalue weighted by Gasteiger charge is 2.23. The predicted octanol–water partition coefficient (Wildman–Crippen LogP) is 16.1. The van der Waals surface area contributed by atoms with Crippen LogP contribution in [0.15, 0.2) is 221 Å². The Hall–Kier alpha value is -9.33. The molecule has 316 valence electrons. The average molecular weight is 870 g/mol. The second-order valence-corrected chi connectivity index (χ2v) is 17.9. The highest BCUT2D eigenvalue weighted by atomic mass is 16.3. The molecule has 0 aliphatic carbocycles. The Labute approximate surface area is 386 Å². The van der Waals surface area contributed by atoms with Crippen LogP contribution < -0.4 is 0 Å². The lowest BCUT2D eigenvalue weighted by Crippen LogP contribution is -1.96. The van der Waals surface area contributed by atoms with Crippen molar-refractivity contribution < 1.29 is 8.83 Å². The number of fused-ring (bicyclic) bond motifs is 17. The number of hydrogen-bond donors (Lipinski definition) is 0. The largest absolute Gasteiger partial charge is 0.456 e. The SMILES string of the molecule is c1ccc2c(c1)nc1n(-c3cccc4oc5ccc(-c6ccc7oc8cccc(-n9c%10ccccc%10c%10cc(-n%11c%12ccccc%12c%12ccccc%12%11)ccc%109)c8c7c6)cc5c34)c3ccccc3n21. The third-order valence-electron chi connectivity index (χ3n) is 14.4. The maximum absolute atomic E-state index is 6.68. The van der Waals surface area contributed by atoms with Crippen molar-refractivity contribution in [2.75, 3.05) is 0 Å². The van der Waals surface area contributed by atoms with Gasteiger partial charge in [-0.05, 0) is 120 Å². The number of para-hydroxylation sites is 7. The Morgan fingerprint density at radius 1 is 0.309 bits per heavy atom. The van der Waals surface area contributed by atoms with Gasteiger partial charge in [0, 0.05) is 38.0 Å². The molecule has 0 amide bonds. The van der Waals surface area contributed by atoms with Crippen molar-refractivity contribution in [3.63, 3.8) is 0 Å². The molecule has 7 nitrogen and oxygen atoms in total. The van der Waals surface area contributed by atoms with Crippen LogP contribution in [0.1, 0.15) is 0 Å². The van der Waals surface area contributed by atoms with E-state index in [1.54, 1.807) is 0 Å². The first kappa shape index (κ1) is 36.0. The number of rotatable bonds is 4. The van der Waals surface area contributed by atoms with Crippen molar-refractivity contribution in [3.05, 3.63) is 212 Å². The number of aromatic nitrogens is 5. The molecular weight excluding hydrogens is 835 g/mol. The number of nitrogens with zero attached hydrogens (tertiary/aromatic N) is 5. The Morgan fingerprint density at radius 3 is 1.44 bits per heavy atom. The quantitative estimate of drug-likeness (QED) is 0.177. The van der Waals surface area contributed by atoms with Gasteiger partial charge in [0.05, 0.1) is 66.3 Å². The number of hydrogen-bond acceptors (Lipinski definition) is 3. The number of furan rings is 2. The molecule has 0 saturated carbocycles. The van der Waals surface area contributed by atoms with Crippen LogP contribution in [0.4, 0.5) is 0 Å². The van der Waals surface area contributed by atoms with E-state index >= 15 is 0 Å². The summed E-state index contributed by atoms with van der Waals surface area (Å²) in [4.78, 5) is 5.19. The van der Waals surface area contributed by atoms with E-state index in [0.717, 1.165) is 111 Å². The summed E-state index contributed by atoms with van der Waals surface area (Å²) in [5, 5.41) is 9.12. The van der Waals surface area contributed by atoms with Crippen molar-refractivity contribution >= 4 is 115 Å². The van der Waals surface area contributed by atoms with E-state index in [0.29, 0.717) is 0 Å². The Morgan fingerprint density at radius 2 is 0.809 bits per heavy atom. The molecule has 0 N–H and O–H groups in total. The van der Waals surface area contributed by atoms with Crippen molar-refractivity contribution in [1.82, 2.24) is 23.1 Å². The molecule has 10 aromatic carbocycles. The van der Waals surface area contributed by atoms with Gasteiger partial charge in [0.2, 0.25) is 5.78 Å². The summed E-state index contributed by atoms with van der Waals surface area (Å²) < 4.78 is 22.7. The molecule has 16 rings (SSSR count). The van der Waals surface area contributed by atoms with Crippen LogP contribution >= 0.6 is 0 Å². The van der Waals surface area contributed by atoms with Gasteiger partial charge in [-0.3, -0.25) is 8.97 Å². The highest BCUT2D eigenvalue weighted by molar-refractivity contribution is 6.17. The van der Waals surface area contributed by atoms with Crippen molar-refractivity contribution in [1.29, 1.82) is 0 Å². The molecule has 16 aromatic rings. The van der Waals surface area contributed by atoms with E-state index < -0.39 is 0 Å². The zero-order chi connectivity index (χ0) is 44.2. The summed E-state index contributed by atoms with van der Waals surface area (Å²) in [7, 11) is 0. The van der Waals surface area contributed by atoms with E-state index in [9.17, 15) is 0 Å². The lowest BCUT2D eigenvalue weighted by molar-refractivity contribution is 0.668. The Balaban J connectivity index is 0.885. The summed E-state index contributed by atoms with van der Waals surface area (Å²) in [6.07, 6.45) is 0. The molecule has 6 heterocycles. The molecule has 6 aromatic heterocycles. The molecule has 68 heavy (non-hydrogen) atoms. The molecule has 0 spiro atoms. The first-order valence-corrected chi connectivity index (χ1v) is 23.0. The molecule has 0 aliphatic heterocycles. The second-order valence-electron chi connectivity index (χ2n) is 17.9. The van der Waals surface area contributed by atoms with Gasteiger partial charge in [0.25, 0.3) is 0 Å². The summed E-state index contributed by atoms with van der Waals surface area (Å²) >= 11 is 0. The first-order chi connectivity index (χ1) is 33.7. The summed E-state index contributed by atoms with van der Waals surface area (Å²) in [6, 6.07) is 75.8. The van der Waals surface area contributed by atoms with Gasteiger partial charge in [0.1, 0.15) is 22.3 Å². The minimum Gasteiger partial charge on any atom is -0.456 e. The molecular formula is C61H35N5O2. The third-order valence-corrected chi connectivity index (χ3v) is 14.4. The molecule has 0 atom stereocenters. The Kier molecular flexibility index (Phi) is 6.95. The van der Waals surface area contributed by atoms with Crippen molar-refractivity contribution in [2.24, 2.45) is 0 Å². The van der Waals surface area contributed by atoms with Gasteiger partial charge in [-0.25, -0.2) is 4.98 Å². The van der Waals surface area contributed by atoms with Crippen LogP contribution in [-0.2, 0) is 0 Å². The smallest absolute Gasteiger partial charge is 0.220 e. The third kappa shape index (κ3) is 4.73. The molecule has 0 unspecified atom stereocenters. The molecule has 0 fully saturated rings. The minimum atomic E-state index is 0.830. The van der Waals surface area contributed by atoms with E-state index in [4.69, 9.17) is 13.8 Å². The lowest BCUT2D eigenvalue weighted by atomic mass is 10.00. The van der Waals surface area contributed by atoms with E-state index in [2.05, 4.69) is 224 Å². The fourth-order valence-corrected chi connectivity index (χ4v) is 11.5. The number of benzene rings is 10. The highest BCUT2D eigenvalue weighted by Crippen LogP contribution is 2.43. The summed E-state index contributed by atoms with van der Waals surface area (Å²) in [5.74, 6) is 0.866. The number of imidazole rings is 2. The van der Waals surface area contributed by atoms with Gasteiger partial charge >= 0.3 is 0 Å². The predicted molar refractivity (Wildman–Crippen MR) is 278 cm³/mol. The average Bonchev–Trinajstić information content (AvgIpc) is 4.24. The van der Waals surface area contributed by atoms with Gasteiger partial charge < -0.3 is 18.0 Å². The van der Waals surface area contributed by atoms with Gasteiger partial charge in [-0.2, -0.15) is 0 Å². The van der Waals surface area contributed by atoms with E-state index in [1.165, 1.54) is 32.6 Å². The van der Waals surface area contributed by atoms with Crippen LogP contribution in [0.3, 0.4) is 0 Å². The zero-order valence-electron chi connectivity index (χ0n) is 36.3. The first-order valence-electron chi connectivity index (χ1n) is 23.0. The molecule has 7 heteroatoms.